The highest BCUT2D eigenvalue weighted by atomic mass is 35.5. The predicted octanol–water partition coefficient (Wildman–Crippen LogP) is 4.22. The van der Waals surface area contributed by atoms with E-state index in [4.69, 9.17) is 16.3 Å². The highest BCUT2D eigenvalue weighted by Gasteiger charge is 2.07. The van der Waals surface area contributed by atoms with Crippen molar-refractivity contribution in [3.8, 4) is 5.75 Å². The Morgan fingerprint density at radius 3 is 2.62 bits per heavy atom. The van der Waals surface area contributed by atoms with Crippen molar-refractivity contribution in [1.29, 1.82) is 0 Å². The Labute approximate surface area is 131 Å². The van der Waals surface area contributed by atoms with E-state index < -0.39 is 5.82 Å². The molecule has 2 aromatic carbocycles. The Hall–Kier alpha value is -1.72. The normalized spacial score (nSPS) is 10.2. The molecule has 0 atom stereocenters. The van der Waals surface area contributed by atoms with E-state index in [1.165, 1.54) is 12.1 Å². The van der Waals surface area contributed by atoms with Gasteiger partial charge in [-0.3, -0.25) is 4.79 Å². The molecule has 1 amide bonds. The molecule has 0 aromatic heterocycles. The van der Waals surface area contributed by atoms with Crippen molar-refractivity contribution in [2.45, 2.75) is 4.90 Å². The molecule has 0 fully saturated rings. The van der Waals surface area contributed by atoms with Crippen LogP contribution in [0.3, 0.4) is 0 Å². The van der Waals surface area contributed by atoms with E-state index in [1.807, 2.05) is 30.5 Å². The minimum atomic E-state index is -0.453. The number of nitrogens with one attached hydrogen (secondary N) is 1. The van der Waals surface area contributed by atoms with Crippen molar-refractivity contribution in [3.63, 3.8) is 0 Å². The summed E-state index contributed by atoms with van der Waals surface area (Å²) in [5.74, 6) is -0.496. The molecule has 0 radical (unpaired) electrons. The number of amides is 1. The molecule has 0 saturated heterocycles. The maximum absolute atomic E-state index is 12.9. The summed E-state index contributed by atoms with van der Waals surface area (Å²) in [7, 11) is 0. The van der Waals surface area contributed by atoms with Crippen LogP contribution in [0.4, 0.5) is 10.1 Å². The number of benzene rings is 2. The molecule has 3 nitrogen and oxygen atoms in total. The quantitative estimate of drug-likeness (QED) is 0.836. The number of carbonyl (C=O) groups excluding carboxylic acids is 1. The average Bonchev–Trinajstić information content (AvgIpc) is 2.47. The first-order valence-corrected chi connectivity index (χ1v) is 7.70. The van der Waals surface area contributed by atoms with Crippen LogP contribution in [0.2, 0.25) is 5.02 Å². The van der Waals surface area contributed by atoms with Crippen LogP contribution in [0.15, 0.2) is 47.4 Å². The molecule has 6 heteroatoms. The molecule has 2 aromatic rings. The van der Waals surface area contributed by atoms with E-state index in [-0.39, 0.29) is 23.3 Å². The second-order valence-electron chi connectivity index (χ2n) is 4.14. The van der Waals surface area contributed by atoms with Gasteiger partial charge >= 0.3 is 0 Å². The minimum Gasteiger partial charge on any atom is -0.482 e. The molecule has 0 saturated carbocycles. The maximum Gasteiger partial charge on any atom is 0.262 e. The number of carbonyl (C=O) groups is 1. The van der Waals surface area contributed by atoms with Crippen molar-refractivity contribution in [2.75, 3.05) is 18.2 Å². The largest absolute Gasteiger partial charge is 0.482 e. The van der Waals surface area contributed by atoms with Crippen LogP contribution in [0.5, 0.6) is 5.75 Å². The number of anilines is 1. The summed E-state index contributed by atoms with van der Waals surface area (Å²) in [5, 5.41) is 2.84. The number of halogens is 2. The third kappa shape index (κ3) is 4.65. The highest BCUT2D eigenvalue weighted by Crippen LogP contribution is 2.24. The molecule has 0 spiro atoms. The lowest BCUT2D eigenvalue weighted by Gasteiger charge is -2.09. The molecular formula is C15H13ClFNO2S. The topological polar surface area (TPSA) is 38.3 Å². The summed E-state index contributed by atoms with van der Waals surface area (Å²) in [4.78, 5) is 12.9. The van der Waals surface area contributed by atoms with Crippen molar-refractivity contribution in [3.05, 3.63) is 53.3 Å². The van der Waals surface area contributed by atoms with Crippen LogP contribution in [-0.2, 0) is 4.79 Å². The molecule has 21 heavy (non-hydrogen) atoms. The van der Waals surface area contributed by atoms with Gasteiger partial charge in [0, 0.05) is 10.6 Å². The van der Waals surface area contributed by atoms with E-state index in [0.717, 1.165) is 11.0 Å². The van der Waals surface area contributed by atoms with Gasteiger partial charge in [0.25, 0.3) is 5.91 Å². The van der Waals surface area contributed by atoms with Crippen LogP contribution >= 0.6 is 23.4 Å². The van der Waals surface area contributed by atoms with E-state index in [0.29, 0.717) is 5.69 Å². The van der Waals surface area contributed by atoms with Crippen LogP contribution in [0, 0.1) is 5.82 Å². The summed E-state index contributed by atoms with van der Waals surface area (Å²) in [6.45, 7) is -0.199. The summed E-state index contributed by atoms with van der Waals surface area (Å²) < 4.78 is 18.1. The molecule has 0 aliphatic rings. The van der Waals surface area contributed by atoms with Gasteiger partial charge in [0.2, 0.25) is 0 Å². The molecule has 0 aliphatic carbocycles. The smallest absolute Gasteiger partial charge is 0.262 e. The van der Waals surface area contributed by atoms with E-state index in [2.05, 4.69) is 5.32 Å². The SMILES string of the molecule is CSc1ccc(NC(=O)COc2ccc(F)cc2Cl)cc1. The molecule has 0 bridgehead atoms. The lowest BCUT2D eigenvalue weighted by molar-refractivity contribution is -0.118. The highest BCUT2D eigenvalue weighted by molar-refractivity contribution is 7.98. The number of rotatable bonds is 5. The number of hydrogen-bond acceptors (Lipinski definition) is 3. The summed E-state index contributed by atoms with van der Waals surface area (Å²) >= 11 is 7.43. The Morgan fingerprint density at radius 1 is 1.29 bits per heavy atom. The summed E-state index contributed by atoms with van der Waals surface area (Å²) in [6, 6.07) is 11.2. The minimum absolute atomic E-state index is 0.132. The Balaban J connectivity index is 1.89. The fourth-order valence-electron chi connectivity index (χ4n) is 1.61. The zero-order valence-electron chi connectivity index (χ0n) is 11.2. The molecule has 0 unspecified atom stereocenters. The van der Waals surface area contributed by atoms with E-state index in [1.54, 1.807) is 11.8 Å². The standard InChI is InChI=1S/C15H13ClFNO2S/c1-21-12-5-3-11(4-6-12)18-15(19)9-20-14-7-2-10(17)8-13(14)16/h2-8H,9H2,1H3,(H,18,19). The molecule has 2 rings (SSSR count). The first-order valence-electron chi connectivity index (χ1n) is 6.10. The zero-order valence-corrected chi connectivity index (χ0v) is 12.8. The Morgan fingerprint density at radius 2 is 2.00 bits per heavy atom. The maximum atomic E-state index is 12.9. The third-order valence-electron chi connectivity index (χ3n) is 2.63. The number of thioether (sulfide) groups is 1. The first-order chi connectivity index (χ1) is 10.1. The molecule has 0 heterocycles. The van der Waals surface area contributed by atoms with Crippen molar-refractivity contribution < 1.29 is 13.9 Å². The Kier molecular flexibility index (Phi) is 5.47. The predicted molar refractivity (Wildman–Crippen MR) is 83.8 cm³/mol. The van der Waals surface area contributed by atoms with Crippen molar-refractivity contribution >= 4 is 35.0 Å². The van der Waals surface area contributed by atoms with Gasteiger partial charge in [-0.1, -0.05) is 11.6 Å². The van der Waals surface area contributed by atoms with Gasteiger partial charge in [-0.15, -0.1) is 11.8 Å². The average molecular weight is 326 g/mol. The van der Waals surface area contributed by atoms with Gasteiger partial charge in [-0.25, -0.2) is 4.39 Å². The lowest BCUT2D eigenvalue weighted by Crippen LogP contribution is -2.20. The van der Waals surface area contributed by atoms with E-state index >= 15 is 0 Å². The van der Waals surface area contributed by atoms with Gasteiger partial charge in [0.1, 0.15) is 11.6 Å². The van der Waals surface area contributed by atoms with Gasteiger partial charge in [-0.05, 0) is 48.7 Å². The molecular weight excluding hydrogens is 313 g/mol. The number of ether oxygens (including phenoxy) is 1. The van der Waals surface area contributed by atoms with Crippen LogP contribution in [-0.4, -0.2) is 18.8 Å². The monoisotopic (exact) mass is 325 g/mol. The molecule has 110 valence electrons. The third-order valence-corrected chi connectivity index (χ3v) is 3.67. The fraction of sp³-hybridized carbons (Fsp3) is 0.133. The van der Waals surface area contributed by atoms with Gasteiger partial charge in [-0.2, -0.15) is 0 Å². The second kappa shape index (κ2) is 7.33. The number of hydrogen-bond donors (Lipinski definition) is 1. The summed E-state index contributed by atoms with van der Waals surface area (Å²) in [5.41, 5.74) is 0.687. The van der Waals surface area contributed by atoms with Crippen LogP contribution in [0.1, 0.15) is 0 Å². The van der Waals surface area contributed by atoms with Gasteiger partial charge in [0.15, 0.2) is 6.61 Å². The molecule has 1 N–H and O–H groups in total. The van der Waals surface area contributed by atoms with Gasteiger partial charge < -0.3 is 10.1 Å². The Bertz CT molecular complexity index is 634. The van der Waals surface area contributed by atoms with Crippen LogP contribution < -0.4 is 10.1 Å². The van der Waals surface area contributed by atoms with Crippen LogP contribution in [0.25, 0.3) is 0 Å². The lowest BCUT2D eigenvalue weighted by atomic mass is 10.3. The van der Waals surface area contributed by atoms with Crippen molar-refractivity contribution in [1.82, 2.24) is 0 Å². The van der Waals surface area contributed by atoms with Gasteiger partial charge in [0.05, 0.1) is 5.02 Å². The zero-order chi connectivity index (χ0) is 15.2. The van der Waals surface area contributed by atoms with Crippen molar-refractivity contribution in [2.24, 2.45) is 0 Å². The molecule has 0 aliphatic heterocycles. The van der Waals surface area contributed by atoms with E-state index in [9.17, 15) is 9.18 Å². The second-order valence-corrected chi connectivity index (χ2v) is 5.43. The fourth-order valence-corrected chi connectivity index (χ4v) is 2.24. The summed E-state index contributed by atoms with van der Waals surface area (Å²) in [6.07, 6.45) is 1.98. The first kappa shape index (κ1) is 15.7.